The lowest BCUT2D eigenvalue weighted by Crippen LogP contribution is -2.27. The topological polar surface area (TPSA) is 28.2 Å². The average molecular weight is 265 g/mol. The SMILES string of the molecule is c1sc(N2CCCCCCC2)nc1CNC1CC1. The van der Waals surface area contributed by atoms with E-state index in [1.165, 1.54) is 68.9 Å². The van der Waals surface area contributed by atoms with Crippen LogP contribution in [0.4, 0.5) is 5.13 Å². The molecule has 18 heavy (non-hydrogen) atoms. The molecule has 0 spiro atoms. The molecule has 4 heteroatoms. The van der Waals surface area contributed by atoms with Crippen LogP contribution in [0.2, 0.25) is 0 Å². The highest BCUT2D eigenvalue weighted by atomic mass is 32.1. The Balaban J connectivity index is 1.55. The summed E-state index contributed by atoms with van der Waals surface area (Å²) in [6.07, 6.45) is 9.55. The number of hydrogen-bond donors (Lipinski definition) is 1. The molecular formula is C14H23N3S. The first-order valence-electron chi connectivity index (χ1n) is 7.34. The van der Waals surface area contributed by atoms with E-state index in [2.05, 4.69) is 15.6 Å². The van der Waals surface area contributed by atoms with Crippen LogP contribution in [0.15, 0.2) is 5.38 Å². The molecule has 1 saturated carbocycles. The number of nitrogens with zero attached hydrogens (tertiary/aromatic N) is 2. The second-order valence-corrected chi connectivity index (χ2v) is 6.37. The van der Waals surface area contributed by atoms with E-state index >= 15 is 0 Å². The molecule has 0 unspecified atom stereocenters. The second kappa shape index (κ2) is 6.02. The summed E-state index contributed by atoms with van der Waals surface area (Å²) in [7, 11) is 0. The van der Waals surface area contributed by atoms with Crippen molar-refractivity contribution in [3.63, 3.8) is 0 Å². The molecule has 3 rings (SSSR count). The molecule has 2 heterocycles. The number of thiazole rings is 1. The van der Waals surface area contributed by atoms with E-state index in [1.807, 2.05) is 11.3 Å². The summed E-state index contributed by atoms with van der Waals surface area (Å²) in [6, 6.07) is 0.775. The number of aromatic nitrogens is 1. The summed E-state index contributed by atoms with van der Waals surface area (Å²) in [6.45, 7) is 3.35. The van der Waals surface area contributed by atoms with Crippen LogP contribution < -0.4 is 10.2 Å². The number of hydrogen-bond acceptors (Lipinski definition) is 4. The molecule has 0 aromatic carbocycles. The molecule has 1 aliphatic carbocycles. The predicted octanol–water partition coefficient (Wildman–Crippen LogP) is 3.17. The van der Waals surface area contributed by atoms with Gasteiger partial charge in [-0.25, -0.2) is 4.98 Å². The largest absolute Gasteiger partial charge is 0.348 e. The van der Waals surface area contributed by atoms with Gasteiger partial charge in [0.2, 0.25) is 0 Å². The molecule has 1 aromatic rings. The molecule has 1 aromatic heterocycles. The Kier molecular flexibility index (Phi) is 4.16. The Morgan fingerprint density at radius 3 is 2.61 bits per heavy atom. The van der Waals surface area contributed by atoms with Gasteiger partial charge in [0.25, 0.3) is 0 Å². The van der Waals surface area contributed by atoms with Crippen LogP contribution in [-0.4, -0.2) is 24.1 Å². The molecule has 2 aliphatic rings. The summed E-state index contributed by atoms with van der Waals surface area (Å²) < 4.78 is 0. The molecule has 3 nitrogen and oxygen atoms in total. The van der Waals surface area contributed by atoms with Gasteiger partial charge in [-0.3, -0.25) is 0 Å². The van der Waals surface area contributed by atoms with Crippen molar-refractivity contribution >= 4 is 16.5 Å². The maximum atomic E-state index is 4.79. The zero-order valence-electron chi connectivity index (χ0n) is 11.0. The highest BCUT2D eigenvalue weighted by Crippen LogP contribution is 2.24. The molecule has 0 radical (unpaired) electrons. The minimum Gasteiger partial charge on any atom is -0.348 e. The zero-order chi connectivity index (χ0) is 12.2. The van der Waals surface area contributed by atoms with E-state index < -0.39 is 0 Å². The molecule has 100 valence electrons. The van der Waals surface area contributed by atoms with Crippen LogP contribution in [0.1, 0.15) is 50.6 Å². The summed E-state index contributed by atoms with van der Waals surface area (Å²) >= 11 is 1.82. The predicted molar refractivity (Wildman–Crippen MR) is 77.3 cm³/mol. The summed E-state index contributed by atoms with van der Waals surface area (Å²) in [5.74, 6) is 0. The lowest BCUT2D eigenvalue weighted by Gasteiger charge is -2.23. The Morgan fingerprint density at radius 1 is 1.17 bits per heavy atom. The minimum absolute atomic E-state index is 0.775. The van der Waals surface area contributed by atoms with E-state index in [9.17, 15) is 0 Å². The quantitative estimate of drug-likeness (QED) is 0.906. The Bertz CT molecular complexity index is 365. The lowest BCUT2D eigenvalue weighted by atomic mass is 10.1. The van der Waals surface area contributed by atoms with Crippen molar-refractivity contribution in [1.29, 1.82) is 0 Å². The first kappa shape index (κ1) is 12.4. The van der Waals surface area contributed by atoms with Crippen LogP contribution in [-0.2, 0) is 6.54 Å². The van der Waals surface area contributed by atoms with Crippen LogP contribution in [0.3, 0.4) is 0 Å². The third-order valence-electron chi connectivity index (χ3n) is 3.82. The van der Waals surface area contributed by atoms with Crippen molar-refractivity contribution in [2.75, 3.05) is 18.0 Å². The maximum absolute atomic E-state index is 4.79. The lowest BCUT2D eigenvalue weighted by molar-refractivity contribution is 0.555. The smallest absolute Gasteiger partial charge is 0.185 e. The molecule has 1 saturated heterocycles. The molecule has 2 fully saturated rings. The van der Waals surface area contributed by atoms with Crippen molar-refractivity contribution < 1.29 is 0 Å². The third-order valence-corrected chi connectivity index (χ3v) is 4.77. The van der Waals surface area contributed by atoms with Gasteiger partial charge >= 0.3 is 0 Å². The van der Waals surface area contributed by atoms with Crippen molar-refractivity contribution in [3.05, 3.63) is 11.1 Å². The zero-order valence-corrected chi connectivity index (χ0v) is 11.8. The first-order valence-corrected chi connectivity index (χ1v) is 8.22. The van der Waals surface area contributed by atoms with Gasteiger partial charge in [0.1, 0.15) is 0 Å². The minimum atomic E-state index is 0.775. The molecule has 0 amide bonds. The van der Waals surface area contributed by atoms with E-state index in [0.717, 1.165) is 12.6 Å². The normalized spacial score (nSPS) is 21.7. The third kappa shape index (κ3) is 3.45. The first-order chi connectivity index (χ1) is 8.92. The Morgan fingerprint density at radius 2 is 1.89 bits per heavy atom. The highest BCUT2D eigenvalue weighted by Gasteiger charge is 2.20. The molecule has 1 N–H and O–H groups in total. The monoisotopic (exact) mass is 265 g/mol. The maximum Gasteiger partial charge on any atom is 0.185 e. The van der Waals surface area contributed by atoms with Gasteiger partial charge in [-0.15, -0.1) is 11.3 Å². The van der Waals surface area contributed by atoms with Crippen molar-refractivity contribution in [2.45, 2.75) is 57.5 Å². The van der Waals surface area contributed by atoms with Gasteiger partial charge in [-0.05, 0) is 25.7 Å². The van der Waals surface area contributed by atoms with E-state index in [4.69, 9.17) is 4.98 Å². The van der Waals surface area contributed by atoms with Crippen molar-refractivity contribution in [3.8, 4) is 0 Å². The van der Waals surface area contributed by atoms with Gasteiger partial charge in [-0.2, -0.15) is 0 Å². The fourth-order valence-electron chi connectivity index (χ4n) is 2.50. The molecular weight excluding hydrogens is 242 g/mol. The Labute approximate surface area is 114 Å². The summed E-state index contributed by atoms with van der Waals surface area (Å²) in [4.78, 5) is 7.28. The standard InChI is InChI=1S/C14H23N3S/c1-2-4-8-17(9-5-3-1)14-16-13(11-18-14)10-15-12-6-7-12/h11-12,15H,1-10H2. The van der Waals surface area contributed by atoms with E-state index in [1.54, 1.807) is 0 Å². The number of nitrogens with one attached hydrogen (secondary N) is 1. The highest BCUT2D eigenvalue weighted by molar-refractivity contribution is 7.13. The van der Waals surface area contributed by atoms with E-state index in [0.29, 0.717) is 0 Å². The molecule has 0 bridgehead atoms. The van der Waals surface area contributed by atoms with Crippen molar-refractivity contribution in [2.24, 2.45) is 0 Å². The fraction of sp³-hybridized carbons (Fsp3) is 0.786. The summed E-state index contributed by atoms with van der Waals surface area (Å²) in [5.41, 5.74) is 1.23. The average Bonchev–Trinajstić information content (AvgIpc) is 3.05. The van der Waals surface area contributed by atoms with Crippen LogP contribution >= 0.6 is 11.3 Å². The van der Waals surface area contributed by atoms with Crippen LogP contribution in [0.5, 0.6) is 0 Å². The van der Waals surface area contributed by atoms with Crippen LogP contribution in [0, 0.1) is 0 Å². The van der Waals surface area contributed by atoms with Gasteiger partial charge in [-0.1, -0.05) is 19.3 Å². The van der Waals surface area contributed by atoms with E-state index in [-0.39, 0.29) is 0 Å². The van der Waals surface area contributed by atoms with Gasteiger partial charge < -0.3 is 10.2 Å². The molecule has 1 aliphatic heterocycles. The second-order valence-electron chi connectivity index (χ2n) is 5.53. The van der Waals surface area contributed by atoms with Crippen LogP contribution in [0.25, 0.3) is 0 Å². The number of rotatable bonds is 4. The number of anilines is 1. The Hall–Kier alpha value is -0.610. The fourth-order valence-corrected chi connectivity index (χ4v) is 3.38. The van der Waals surface area contributed by atoms with Gasteiger partial charge in [0.15, 0.2) is 5.13 Å². The summed E-state index contributed by atoms with van der Waals surface area (Å²) in [5, 5.41) is 7.00. The van der Waals surface area contributed by atoms with Crippen molar-refractivity contribution in [1.82, 2.24) is 10.3 Å². The molecule has 0 atom stereocenters. The van der Waals surface area contributed by atoms with Gasteiger partial charge in [0.05, 0.1) is 5.69 Å². The van der Waals surface area contributed by atoms with Gasteiger partial charge in [0, 0.05) is 31.1 Å².